The molecule has 3 aromatic heterocycles. The van der Waals surface area contributed by atoms with Crippen LogP contribution in [0.25, 0.3) is 21.9 Å². The minimum absolute atomic E-state index is 0.0511. The van der Waals surface area contributed by atoms with Crippen LogP contribution in [-0.4, -0.2) is 57.3 Å². The van der Waals surface area contributed by atoms with E-state index in [9.17, 15) is 13.2 Å². The van der Waals surface area contributed by atoms with Gasteiger partial charge in [0.1, 0.15) is 36.3 Å². The molecule has 11 heteroatoms. The van der Waals surface area contributed by atoms with Crippen LogP contribution in [0, 0.1) is 5.92 Å². The zero-order valence-corrected chi connectivity index (χ0v) is 22.0. The lowest BCUT2D eigenvalue weighted by atomic mass is 9.95. The number of rotatable bonds is 7. The van der Waals surface area contributed by atoms with Crippen LogP contribution in [0.15, 0.2) is 48.9 Å². The third-order valence-corrected chi connectivity index (χ3v) is 7.69. The molecule has 4 atom stereocenters. The summed E-state index contributed by atoms with van der Waals surface area (Å²) in [6.07, 6.45) is 1.72. The summed E-state index contributed by atoms with van der Waals surface area (Å²) in [5, 5.41) is 7.34. The predicted molar refractivity (Wildman–Crippen MR) is 143 cm³/mol. The Balaban J connectivity index is 1.21. The summed E-state index contributed by atoms with van der Waals surface area (Å²) in [7, 11) is 1.85. The zero-order valence-electron chi connectivity index (χ0n) is 22.0. The average Bonchev–Trinajstić information content (AvgIpc) is 3.56. The minimum Gasteiger partial charge on any atom is -0.372 e. The first-order valence-corrected chi connectivity index (χ1v) is 13.2. The summed E-state index contributed by atoms with van der Waals surface area (Å²) in [4.78, 5) is 13.3. The number of aryl methyl sites for hydroxylation is 1. The quantitative estimate of drug-likeness (QED) is 0.311. The normalized spacial score (nSPS) is 24.4. The molecule has 2 aliphatic rings. The van der Waals surface area contributed by atoms with Crippen molar-refractivity contribution in [1.29, 1.82) is 0 Å². The van der Waals surface area contributed by atoms with E-state index in [2.05, 4.69) is 42.4 Å². The number of halogens is 3. The van der Waals surface area contributed by atoms with Gasteiger partial charge in [-0.25, -0.2) is 15.0 Å². The summed E-state index contributed by atoms with van der Waals surface area (Å²) in [6, 6.07) is 11.4. The fraction of sp³-hybridized carbons (Fsp3) is 0.464. The van der Waals surface area contributed by atoms with Gasteiger partial charge < -0.3 is 24.7 Å². The largest absolute Gasteiger partial charge is 0.405 e. The van der Waals surface area contributed by atoms with E-state index >= 15 is 0 Å². The molecule has 1 saturated carbocycles. The second-order valence-electron chi connectivity index (χ2n) is 10.8. The van der Waals surface area contributed by atoms with Crippen LogP contribution >= 0.6 is 0 Å². The Morgan fingerprint density at radius 2 is 1.87 bits per heavy atom. The van der Waals surface area contributed by atoms with E-state index in [4.69, 9.17) is 9.47 Å². The molecule has 6 rings (SSSR count). The molecule has 1 aliphatic heterocycles. The number of benzene rings is 1. The fourth-order valence-corrected chi connectivity index (χ4v) is 6.01. The number of pyridine rings is 1. The maximum atomic E-state index is 12.6. The predicted octanol–water partition coefficient (Wildman–Crippen LogP) is 5.71. The molecule has 1 aliphatic carbocycles. The molecule has 2 fully saturated rings. The Labute approximate surface area is 223 Å². The fourth-order valence-electron chi connectivity index (χ4n) is 6.01. The Kier molecular flexibility index (Phi) is 6.38. The first-order valence-electron chi connectivity index (χ1n) is 13.2. The van der Waals surface area contributed by atoms with Crippen LogP contribution in [0.5, 0.6) is 0 Å². The lowest BCUT2D eigenvalue weighted by Gasteiger charge is -2.24. The van der Waals surface area contributed by atoms with Crippen molar-refractivity contribution in [2.45, 2.75) is 63.3 Å². The van der Waals surface area contributed by atoms with Crippen LogP contribution in [0.2, 0.25) is 0 Å². The van der Waals surface area contributed by atoms with Gasteiger partial charge in [-0.05, 0) is 68.9 Å². The van der Waals surface area contributed by atoms with Crippen molar-refractivity contribution in [2.24, 2.45) is 5.92 Å². The Hall–Kier alpha value is -3.44. The van der Waals surface area contributed by atoms with Gasteiger partial charge in [0.25, 0.3) is 0 Å². The number of ether oxygens (including phenoxy) is 2. The van der Waals surface area contributed by atoms with E-state index in [1.165, 1.54) is 0 Å². The molecule has 0 bridgehead atoms. The van der Waals surface area contributed by atoms with Gasteiger partial charge in [-0.1, -0.05) is 12.1 Å². The van der Waals surface area contributed by atoms with Gasteiger partial charge in [-0.3, -0.25) is 0 Å². The molecule has 0 spiro atoms. The second kappa shape index (κ2) is 9.63. The highest BCUT2D eigenvalue weighted by atomic mass is 19.4. The molecule has 4 aromatic rings. The van der Waals surface area contributed by atoms with Gasteiger partial charge in [0, 0.05) is 18.6 Å². The Bertz CT molecular complexity index is 1500. The SMILES string of the molecule is CNc1ncnc2c1ccn2[C@@H]1C[C@H](CCc2ccc3ccc(NCC(F)(F)F)nc3c2)C2OC(C)(C)O[C@H]21. The molecule has 0 radical (unpaired) electrons. The molecule has 2 N–H and O–H groups in total. The first-order chi connectivity index (χ1) is 18.6. The highest BCUT2D eigenvalue weighted by molar-refractivity contribution is 5.87. The van der Waals surface area contributed by atoms with Gasteiger partial charge in [-0.15, -0.1) is 0 Å². The molecular formula is C28H31F3N6O2. The number of nitrogens with zero attached hydrogens (tertiary/aromatic N) is 4. The van der Waals surface area contributed by atoms with E-state index in [-0.39, 0.29) is 30.0 Å². The topological polar surface area (TPSA) is 86.1 Å². The Morgan fingerprint density at radius 3 is 2.67 bits per heavy atom. The monoisotopic (exact) mass is 540 g/mol. The summed E-state index contributed by atoms with van der Waals surface area (Å²) in [5.74, 6) is 0.581. The van der Waals surface area contributed by atoms with Crippen molar-refractivity contribution in [3.8, 4) is 0 Å². The molecular weight excluding hydrogens is 509 g/mol. The van der Waals surface area contributed by atoms with E-state index in [1.807, 2.05) is 39.1 Å². The zero-order chi connectivity index (χ0) is 27.4. The van der Waals surface area contributed by atoms with Crippen molar-refractivity contribution in [2.75, 3.05) is 24.2 Å². The van der Waals surface area contributed by atoms with Gasteiger partial charge in [0.05, 0.1) is 23.0 Å². The van der Waals surface area contributed by atoms with Crippen molar-refractivity contribution in [1.82, 2.24) is 19.5 Å². The number of nitrogens with one attached hydrogen (secondary N) is 2. The van der Waals surface area contributed by atoms with Crippen LogP contribution in [-0.2, 0) is 15.9 Å². The molecule has 0 amide bonds. The summed E-state index contributed by atoms with van der Waals surface area (Å²) in [6.45, 7) is 2.79. The highest BCUT2D eigenvalue weighted by Gasteiger charge is 2.54. The highest BCUT2D eigenvalue weighted by Crippen LogP contribution is 2.49. The third kappa shape index (κ3) is 5.12. The molecule has 1 saturated heterocycles. The van der Waals surface area contributed by atoms with E-state index in [1.54, 1.807) is 18.5 Å². The minimum atomic E-state index is -4.30. The van der Waals surface area contributed by atoms with Crippen molar-refractivity contribution < 1.29 is 22.6 Å². The molecule has 39 heavy (non-hydrogen) atoms. The second-order valence-corrected chi connectivity index (χ2v) is 10.8. The number of fused-ring (bicyclic) bond motifs is 3. The molecule has 1 unspecified atom stereocenters. The van der Waals surface area contributed by atoms with Crippen LogP contribution in [0.3, 0.4) is 0 Å². The molecule has 206 valence electrons. The van der Waals surface area contributed by atoms with Gasteiger partial charge in [0.15, 0.2) is 5.79 Å². The summed E-state index contributed by atoms with van der Waals surface area (Å²) < 4.78 is 52.9. The number of hydrogen-bond donors (Lipinski definition) is 2. The lowest BCUT2D eigenvalue weighted by Crippen LogP contribution is -2.27. The molecule has 4 heterocycles. The third-order valence-electron chi connectivity index (χ3n) is 7.69. The van der Waals surface area contributed by atoms with E-state index < -0.39 is 18.5 Å². The van der Waals surface area contributed by atoms with Crippen LogP contribution in [0.4, 0.5) is 24.8 Å². The maximum Gasteiger partial charge on any atom is 0.405 e. The number of hydrogen-bond acceptors (Lipinski definition) is 7. The van der Waals surface area contributed by atoms with Crippen LogP contribution < -0.4 is 10.6 Å². The van der Waals surface area contributed by atoms with Gasteiger partial charge >= 0.3 is 6.18 Å². The average molecular weight is 541 g/mol. The number of alkyl halides is 3. The molecule has 1 aromatic carbocycles. The smallest absolute Gasteiger partial charge is 0.372 e. The number of aromatic nitrogens is 4. The lowest BCUT2D eigenvalue weighted by molar-refractivity contribution is -0.160. The van der Waals surface area contributed by atoms with E-state index in [0.29, 0.717) is 5.52 Å². The van der Waals surface area contributed by atoms with Crippen LogP contribution in [0.1, 0.15) is 38.3 Å². The van der Waals surface area contributed by atoms with Crippen molar-refractivity contribution in [3.63, 3.8) is 0 Å². The van der Waals surface area contributed by atoms with Crippen molar-refractivity contribution >= 4 is 33.6 Å². The standard InChI is InChI=1S/C28H31F3N6O2/c1-27(2)38-23-18(13-21(24(23)39-27)37-11-10-19-25(32-3)34-15-35-26(19)37)7-5-16-4-6-17-8-9-22(36-20(17)12-16)33-14-28(29,30)31/h4,6,8-12,15,18,21,23-24H,5,7,13-14H2,1-3H3,(H,33,36)(H,32,34,35)/t18-,21+,23?,24-/m0/s1. The Morgan fingerprint density at radius 1 is 1.08 bits per heavy atom. The van der Waals surface area contributed by atoms with Gasteiger partial charge in [-0.2, -0.15) is 13.2 Å². The first kappa shape index (κ1) is 25.8. The maximum absolute atomic E-state index is 12.6. The van der Waals surface area contributed by atoms with Gasteiger partial charge in [0.2, 0.25) is 0 Å². The number of anilines is 2. The van der Waals surface area contributed by atoms with E-state index in [0.717, 1.165) is 47.1 Å². The summed E-state index contributed by atoms with van der Waals surface area (Å²) in [5.41, 5.74) is 2.61. The molecule has 8 nitrogen and oxygen atoms in total. The van der Waals surface area contributed by atoms with Crippen molar-refractivity contribution in [3.05, 3.63) is 54.5 Å². The summed E-state index contributed by atoms with van der Waals surface area (Å²) >= 11 is 0.